The zero-order chi connectivity index (χ0) is 23.5. The predicted molar refractivity (Wildman–Crippen MR) is 106 cm³/mol. The molecule has 3 rings (SSSR count). The first-order chi connectivity index (χ1) is 15.1. The number of carbonyl (C=O) groups is 2. The number of ether oxygens (including phenoxy) is 1. The molecule has 0 aliphatic rings. The fourth-order valence-corrected chi connectivity index (χ4v) is 2.89. The molecular formula is C22H16F4N2O4. The van der Waals surface area contributed by atoms with Crippen molar-refractivity contribution in [3.8, 4) is 5.75 Å². The lowest BCUT2D eigenvalue weighted by Crippen LogP contribution is -2.27. The molecule has 1 amide bonds. The number of aliphatic carboxylic acids is 1. The average Bonchev–Trinajstić information content (AvgIpc) is 2.76. The van der Waals surface area contributed by atoms with E-state index in [1.807, 2.05) is 0 Å². The highest BCUT2D eigenvalue weighted by molar-refractivity contribution is 6.06. The number of carbonyl (C=O) groups excluding carboxylic acids is 1. The Balaban J connectivity index is 1.98. The number of aromatic nitrogens is 1. The van der Waals surface area contributed by atoms with Crippen molar-refractivity contribution < 1.29 is 37.0 Å². The Labute approximate surface area is 179 Å². The zero-order valence-corrected chi connectivity index (χ0v) is 16.5. The summed E-state index contributed by atoms with van der Waals surface area (Å²) in [5.74, 6) is -3.12. The smallest absolute Gasteiger partial charge is 0.417 e. The number of allylic oxidation sites excluding steroid dienone is 1. The van der Waals surface area contributed by atoms with Gasteiger partial charge < -0.3 is 15.2 Å². The summed E-state index contributed by atoms with van der Waals surface area (Å²) in [7, 11) is 0. The predicted octanol–water partition coefficient (Wildman–Crippen LogP) is 4.69. The monoisotopic (exact) mass is 448 g/mol. The number of nitrogens with one attached hydrogen (secondary N) is 1. The summed E-state index contributed by atoms with van der Waals surface area (Å²) in [5, 5.41) is 11.7. The fourth-order valence-electron chi connectivity index (χ4n) is 2.89. The van der Waals surface area contributed by atoms with E-state index in [1.165, 1.54) is 19.1 Å². The first-order valence-electron chi connectivity index (χ1n) is 9.19. The summed E-state index contributed by atoms with van der Waals surface area (Å²) >= 11 is 0. The molecule has 1 heterocycles. The van der Waals surface area contributed by atoms with E-state index in [0.29, 0.717) is 6.20 Å². The molecule has 2 aromatic carbocycles. The summed E-state index contributed by atoms with van der Waals surface area (Å²) in [6.45, 7) is 1.09. The lowest BCUT2D eigenvalue weighted by atomic mass is 10.0. The third-order valence-electron chi connectivity index (χ3n) is 4.47. The second-order valence-corrected chi connectivity index (χ2v) is 6.57. The van der Waals surface area contributed by atoms with Crippen molar-refractivity contribution in [3.63, 3.8) is 0 Å². The molecule has 0 aliphatic carbocycles. The van der Waals surface area contributed by atoms with Crippen molar-refractivity contribution in [1.29, 1.82) is 0 Å². The van der Waals surface area contributed by atoms with Crippen LogP contribution in [0.4, 0.5) is 17.6 Å². The molecule has 0 spiro atoms. The molecular weight excluding hydrogens is 432 g/mol. The first-order valence-corrected chi connectivity index (χ1v) is 9.19. The summed E-state index contributed by atoms with van der Waals surface area (Å²) < 4.78 is 58.4. The van der Waals surface area contributed by atoms with Gasteiger partial charge in [-0.2, -0.15) is 13.2 Å². The maximum atomic E-state index is 14.6. The third kappa shape index (κ3) is 4.85. The summed E-state index contributed by atoms with van der Waals surface area (Å²) in [6, 6.07) is 8.99. The van der Waals surface area contributed by atoms with E-state index in [0.717, 1.165) is 24.3 Å². The number of rotatable bonds is 6. The Bertz CT molecular complexity index is 1210. The van der Waals surface area contributed by atoms with Crippen molar-refractivity contribution in [1.82, 2.24) is 10.3 Å². The van der Waals surface area contributed by atoms with Crippen molar-refractivity contribution in [2.45, 2.75) is 19.7 Å². The molecule has 0 fully saturated rings. The number of hydrogen-bond donors (Lipinski definition) is 2. The van der Waals surface area contributed by atoms with Crippen LogP contribution in [-0.4, -0.2) is 22.0 Å². The zero-order valence-electron chi connectivity index (χ0n) is 16.5. The number of carboxylic acid groups (broad SMARTS) is 1. The van der Waals surface area contributed by atoms with Gasteiger partial charge in [-0.25, -0.2) is 9.18 Å². The maximum absolute atomic E-state index is 14.6. The van der Waals surface area contributed by atoms with Gasteiger partial charge in [0.25, 0.3) is 5.91 Å². The number of halogens is 4. The Morgan fingerprint density at radius 1 is 1.16 bits per heavy atom. The third-order valence-corrected chi connectivity index (χ3v) is 4.47. The van der Waals surface area contributed by atoms with Crippen LogP contribution in [0.25, 0.3) is 10.8 Å². The molecule has 1 aromatic heterocycles. The molecule has 0 radical (unpaired) electrons. The van der Waals surface area contributed by atoms with Crippen LogP contribution in [0, 0.1) is 5.82 Å². The number of fused-ring (bicyclic) bond motifs is 1. The molecule has 0 unspecified atom stereocenters. The topological polar surface area (TPSA) is 88.5 Å². The SMILES string of the molecule is C/C=C(/NC(=O)c1cc(F)c2ccccc2c1OCc1ccc(C(F)(F)F)cn1)C(=O)O. The number of benzene rings is 2. The van der Waals surface area contributed by atoms with Crippen molar-refractivity contribution in [2.24, 2.45) is 0 Å². The Morgan fingerprint density at radius 3 is 2.41 bits per heavy atom. The van der Waals surface area contributed by atoms with Crippen LogP contribution in [0.1, 0.15) is 28.5 Å². The molecule has 2 N–H and O–H groups in total. The van der Waals surface area contributed by atoms with Crippen LogP contribution in [0.3, 0.4) is 0 Å². The molecule has 0 aliphatic heterocycles. The van der Waals surface area contributed by atoms with E-state index in [9.17, 15) is 27.2 Å². The molecule has 32 heavy (non-hydrogen) atoms. The van der Waals surface area contributed by atoms with Gasteiger partial charge in [-0.15, -0.1) is 0 Å². The molecule has 3 aromatic rings. The second-order valence-electron chi connectivity index (χ2n) is 6.57. The van der Waals surface area contributed by atoms with Crippen molar-refractivity contribution in [2.75, 3.05) is 0 Å². The van der Waals surface area contributed by atoms with Crippen molar-refractivity contribution >= 4 is 22.6 Å². The minimum absolute atomic E-state index is 0.0676. The van der Waals surface area contributed by atoms with Gasteiger partial charge in [0.2, 0.25) is 0 Å². The number of alkyl halides is 3. The lowest BCUT2D eigenvalue weighted by molar-refractivity contribution is -0.138. The number of carboxylic acids is 1. The number of amides is 1. The van der Waals surface area contributed by atoms with Crippen LogP contribution in [0.2, 0.25) is 0 Å². The Hall–Kier alpha value is -3.95. The minimum Gasteiger partial charge on any atom is -0.486 e. The van der Waals surface area contributed by atoms with Crippen LogP contribution in [0.5, 0.6) is 5.75 Å². The molecule has 0 atom stereocenters. The fraction of sp³-hybridized carbons (Fsp3) is 0.136. The van der Waals surface area contributed by atoms with Gasteiger partial charge in [0.1, 0.15) is 23.9 Å². The number of hydrogen-bond acceptors (Lipinski definition) is 4. The highest BCUT2D eigenvalue weighted by Crippen LogP contribution is 2.33. The molecule has 166 valence electrons. The van der Waals surface area contributed by atoms with E-state index in [1.54, 1.807) is 12.1 Å². The van der Waals surface area contributed by atoms with Gasteiger partial charge in [0, 0.05) is 17.0 Å². The van der Waals surface area contributed by atoms with Crippen LogP contribution in [0.15, 0.2) is 60.4 Å². The van der Waals surface area contributed by atoms with Gasteiger partial charge in [0.15, 0.2) is 0 Å². The van der Waals surface area contributed by atoms with Gasteiger partial charge in [-0.1, -0.05) is 30.3 Å². The number of pyridine rings is 1. The van der Waals surface area contributed by atoms with Crippen LogP contribution < -0.4 is 10.1 Å². The maximum Gasteiger partial charge on any atom is 0.417 e. The number of nitrogens with zero attached hydrogens (tertiary/aromatic N) is 1. The lowest BCUT2D eigenvalue weighted by Gasteiger charge is -2.15. The Morgan fingerprint density at radius 2 is 1.84 bits per heavy atom. The van der Waals surface area contributed by atoms with E-state index in [4.69, 9.17) is 9.84 Å². The highest BCUT2D eigenvalue weighted by Gasteiger charge is 2.30. The van der Waals surface area contributed by atoms with Crippen LogP contribution >= 0.6 is 0 Å². The average molecular weight is 448 g/mol. The molecule has 0 bridgehead atoms. The van der Waals surface area contributed by atoms with Gasteiger partial charge in [-0.05, 0) is 25.1 Å². The molecule has 0 saturated heterocycles. The quantitative estimate of drug-likeness (QED) is 0.422. The van der Waals surface area contributed by atoms with E-state index in [-0.39, 0.29) is 34.4 Å². The van der Waals surface area contributed by atoms with Gasteiger partial charge in [-0.3, -0.25) is 9.78 Å². The summed E-state index contributed by atoms with van der Waals surface area (Å²) in [4.78, 5) is 27.6. The molecule has 10 heteroatoms. The molecule has 6 nitrogen and oxygen atoms in total. The Kier molecular flexibility index (Phi) is 6.42. The van der Waals surface area contributed by atoms with E-state index in [2.05, 4.69) is 10.3 Å². The van der Waals surface area contributed by atoms with Crippen molar-refractivity contribution in [3.05, 3.63) is 83.1 Å². The van der Waals surface area contributed by atoms with E-state index >= 15 is 0 Å². The van der Waals surface area contributed by atoms with Gasteiger partial charge in [0.05, 0.1) is 16.8 Å². The van der Waals surface area contributed by atoms with Crippen LogP contribution in [-0.2, 0) is 17.6 Å². The summed E-state index contributed by atoms with van der Waals surface area (Å²) in [6.07, 6.45) is -2.73. The minimum atomic E-state index is -4.54. The normalized spacial score (nSPS) is 12.0. The first kappa shape index (κ1) is 22.7. The summed E-state index contributed by atoms with van der Waals surface area (Å²) in [5.41, 5.74) is -1.49. The highest BCUT2D eigenvalue weighted by atomic mass is 19.4. The van der Waals surface area contributed by atoms with E-state index < -0.39 is 35.1 Å². The standard InChI is InChI=1S/C22H16F4N2O4/c1-2-18(21(30)31)28-20(29)16-9-17(23)14-5-3-4-6-15(14)19(16)32-11-13-8-7-12(10-27-13)22(24,25)26/h2-10H,11H2,1H3,(H,28,29)(H,30,31)/b18-2+. The van der Waals surface area contributed by atoms with Gasteiger partial charge >= 0.3 is 12.1 Å². The molecule has 0 saturated carbocycles. The second kappa shape index (κ2) is 9.04. The largest absolute Gasteiger partial charge is 0.486 e.